The standard InChI is InChI=1S/C20H18F3N3OS/c1-11-2-3-14-12(6-11)4-5-26-17(14)9-25(10-18(26)27)20(28)24-19-15(22)7-13(21)8-16(19)23/h2-3,6-8,17H,4-5,9-10H2,1H3,(H,24,28)/t17-/m1/s1. The highest BCUT2D eigenvalue weighted by atomic mass is 32.1. The summed E-state index contributed by atoms with van der Waals surface area (Å²) in [5, 5.41) is 2.52. The maximum absolute atomic E-state index is 13.9. The van der Waals surface area contributed by atoms with Crippen molar-refractivity contribution in [3.8, 4) is 0 Å². The van der Waals surface area contributed by atoms with Crippen molar-refractivity contribution in [2.75, 3.05) is 25.0 Å². The number of fused-ring (bicyclic) bond motifs is 3. The summed E-state index contributed by atoms with van der Waals surface area (Å²) in [5.41, 5.74) is 2.90. The average molecular weight is 405 g/mol. The zero-order valence-corrected chi connectivity index (χ0v) is 16.0. The molecule has 0 radical (unpaired) electrons. The van der Waals surface area contributed by atoms with Crippen LogP contribution < -0.4 is 5.32 Å². The Morgan fingerprint density at radius 1 is 1.18 bits per heavy atom. The largest absolute Gasteiger partial charge is 0.337 e. The molecule has 28 heavy (non-hydrogen) atoms. The number of anilines is 1. The van der Waals surface area contributed by atoms with E-state index in [4.69, 9.17) is 12.2 Å². The molecule has 0 bridgehead atoms. The quantitative estimate of drug-likeness (QED) is 0.736. The van der Waals surface area contributed by atoms with Gasteiger partial charge in [0.25, 0.3) is 0 Å². The van der Waals surface area contributed by atoms with Crippen LogP contribution in [0.3, 0.4) is 0 Å². The lowest BCUT2D eigenvalue weighted by molar-refractivity contribution is -0.138. The van der Waals surface area contributed by atoms with Crippen LogP contribution in [-0.4, -0.2) is 40.5 Å². The van der Waals surface area contributed by atoms with E-state index in [0.717, 1.165) is 17.5 Å². The third-order valence-corrected chi connectivity index (χ3v) is 5.58. The van der Waals surface area contributed by atoms with E-state index >= 15 is 0 Å². The Balaban J connectivity index is 1.58. The van der Waals surface area contributed by atoms with Gasteiger partial charge in [0.05, 0.1) is 12.6 Å². The molecule has 8 heteroatoms. The number of carbonyl (C=O) groups excluding carboxylic acids is 1. The summed E-state index contributed by atoms with van der Waals surface area (Å²) in [5.74, 6) is -3.26. The molecule has 0 unspecified atom stereocenters. The fourth-order valence-electron chi connectivity index (χ4n) is 3.87. The van der Waals surface area contributed by atoms with E-state index in [2.05, 4.69) is 11.4 Å². The summed E-state index contributed by atoms with van der Waals surface area (Å²) < 4.78 is 41.0. The maximum atomic E-state index is 13.9. The zero-order valence-electron chi connectivity index (χ0n) is 15.1. The Morgan fingerprint density at radius 3 is 2.61 bits per heavy atom. The van der Waals surface area contributed by atoms with Crippen molar-refractivity contribution >= 4 is 28.9 Å². The predicted octanol–water partition coefficient (Wildman–Crippen LogP) is 3.55. The van der Waals surface area contributed by atoms with Gasteiger partial charge in [-0.3, -0.25) is 4.79 Å². The van der Waals surface area contributed by atoms with Crippen LogP contribution in [0.1, 0.15) is 22.7 Å². The summed E-state index contributed by atoms with van der Waals surface area (Å²) in [6.45, 7) is 3.09. The van der Waals surface area contributed by atoms with Gasteiger partial charge in [-0.05, 0) is 36.7 Å². The minimum absolute atomic E-state index is 0.0218. The second kappa shape index (κ2) is 7.09. The highest BCUT2D eigenvalue weighted by Crippen LogP contribution is 2.34. The molecule has 2 aliphatic rings. The summed E-state index contributed by atoms with van der Waals surface area (Å²) in [6.07, 6.45) is 0.800. The fraction of sp³-hybridized carbons (Fsp3) is 0.300. The van der Waals surface area contributed by atoms with Gasteiger partial charge in [0, 0.05) is 25.2 Å². The first-order valence-corrected chi connectivity index (χ1v) is 9.33. The fourth-order valence-corrected chi connectivity index (χ4v) is 4.11. The monoisotopic (exact) mass is 405 g/mol. The molecular weight excluding hydrogens is 387 g/mol. The first-order valence-electron chi connectivity index (χ1n) is 8.93. The third kappa shape index (κ3) is 3.32. The first-order chi connectivity index (χ1) is 13.3. The number of aryl methyl sites for hydroxylation is 1. The third-order valence-electron chi connectivity index (χ3n) is 5.22. The number of halogens is 3. The molecule has 2 aliphatic heterocycles. The van der Waals surface area contributed by atoms with Crippen LogP contribution in [0.2, 0.25) is 0 Å². The van der Waals surface area contributed by atoms with Gasteiger partial charge in [0.15, 0.2) is 16.7 Å². The van der Waals surface area contributed by atoms with Crippen molar-refractivity contribution in [2.45, 2.75) is 19.4 Å². The van der Waals surface area contributed by atoms with Crippen LogP contribution in [0, 0.1) is 24.4 Å². The summed E-state index contributed by atoms with van der Waals surface area (Å²) >= 11 is 5.29. The van der Waals surface area contributed by atoms with Crippen molar-refractivity contribution in [1.82, 2.24) is 9.80 Å². The van der Waals surface area contributed by atoms with E-state index in [1.807, 2.05) is 24.0 Å². The van der Waals surface area contributed by atoms with Gasteiger partial charge in [-0.25, -0.2) is 13.2 Å². The van der Waals surface area contributed by atoms with Crippen molar-refractivity contribution < 1.29 is 18.0 Å². The molecule has 1 amide bonds. The van der Waals surface area contributed by atoms with Crippen LogP contribution in [0.5, 0.6) is 0 Å². The number of piperazine rings is 1. The van der Waals surface area contributed by atoms with Crippen LogP contribution in [-0.2, 0) is 11.2 Å². The molecule has 2 aromatic carbocycles. The Morgan fingerprint density at radius 2 is 1.89 bits per heavy atom. The van der Waals surface area contributed by atoms with E-state index in [1.165, 1.54) is 5.56 Å². The van der Waals surface area contributed by atoms with Gasteiger partial charge in [0.2, 0.25) is 5.91 Å². The number of amides is 1. The Bertz CT molecular complexity index is 958. The van der Waals surface area contributed by atoms with Crippen LogP contribution in [0.4, 0.5) is 18.9 Å². The van der Waals surface area contributed by atoms with E-state index in [1.54, 1.807) is 4.90 Å². The molecule has 0 aromatic heterocycles. The Hall–Kier alpha value is -2.61. The molecule has 1 saturated heterocycles. The van der Waals surface area contributed by atoms with Crippen molar-refractivity contribution in [2.24, 2.45) is 0 Å². The van der Waals surface area contributed by atoms with Gasteiger partial charge in [-0.1, -0.05) is 23.8 Å². The molecule has 0 saturated carbocycles. The number of hydrogen-bond donors (Lipinski definition) is 1. The molecule has 0 aliphatic carbocycles. The number of nitrogens with zero attached hydrogens (tertiary/aromatic N) is 2. The molecule has 2 aromatic rings. The minimum atomic E-state index is -1.08. The van der Waals surface area contributed by atoms with Crippen LogP contribution in [0.15, 0.2) is 30.3 Å². The molecule has 1 N–H and O–H groups in total. The molecule has 0 spiro atoms. The Kier molecular flexibility index (Phi) is 4.74. The van der Waals surface area contributed by atoms with Gasteiger partial charge >= 0.3 is 0 Å². The normalized spacial score (nSPS) is 18.6. The lowest BCUT2D eigenvalue weighted by Gasteiger charge is -2.45. The molecule has 146 valence electrons. The molecule has 4 nitrogen and oxygen atoms in total. The zero-order chi connectivity index (χ0) is 20.0. The predicted molar refractivity (Wildman–Crippen MR) is 103 cm³/mol. The van der Waals surface area contributed by atoms with E-state index in [-0.39, 0.29) is 23.6 Å². The smallest absolute Gasteiger partial charge is 0.242 e. The lowest BCUT2D eigenvalue weighted by atomic mass is 9.89. The molecule has 1 fully saturated rings. The maximum Gasteiger partial charge on any atom is 0.242 e. The number of nitrogens with one attached hydrogen (secondary N) is 1. The van der Waals surface area contributed by atoms with Crippen LogP contribution in [0.25, 0.3) is 0 Å². The number of rotatable bonds is 1. The number of hydrogen-bond acceptors (Lipinski definition) is 2. The molecule has 4 rings (SSSR count). The second-order valence-electron chi connectivity index (χ2n) is 7.11. The Labute approximate surface area is 165 Å². The van der Waals surface area contributed by atoms with E-state index in [9.17, 15) is 18.0 Å². The van der Waals surface area contributed by atoms with Gasteiger partial charge < -0.3 is 15.1 Å². The summed E-state index contributed by atoms with van der Waals surface area (Å²) in [7, 11) is 0. The summed E-state index contributed by atoms with van der Waals surface area (Å²) in [6, 6.07) is 7.14. The first kappa shape index (κ1) is 18.7. The highest BCUT2D eigenvalue weighted by Gasteiger charge is 2.37. The minimum Gasteiger partial charge on any atom is -0.337 e. The number of carbonyl (C=O) groups is 1. The molecule has 1 atom stereocenters. The highest BCUT2D eigenvalue weighted by molar-refractivity contribution is 7.80. The summed E-state index contributed by atoms with van der Waals surface area (Å²) in [4.78, 5) is 16.1. The number of thiocarbonyl (C=S) groups is 1. The van der Waals surface area contributed by atoms with E-state index in [0.29, 0.717) is 25.2 Å². The van der Waals surface area contributed by atoms with Crippen molar-refractivity contribution in [3.63, 3.8) is 0 Å². The second-order valence-corrected chi connectivity index (χ2v) is 7.50. The van der Waals surface area contributed by atoms with Gasteiger partial charge in [0.1, 0.15) is 11.5 Å². The molecular formula is C20H18F3N3OS. The van der Waals surface area contributed by atoms with Gasteiger partial charge in [-0.2, -0.15) is 0 Å². The van der Waals surface area contributed by atoms with Gasteiger partial charge in [-0.15, -0.1) is 0 Å². The SMILES string of the molecule is Cc1ccc2c(c1)CCN1C(=O)CN(C(=S)Nc3c(F)cc(F)cc3F)C[C@H]21. The van der Waals surface area contributed by atoms with E-state index < -0.39 is 23.1 Å². The van der Waals surface area contributed by atoms with Crippen molar-refractivity contribution in [3.05, 3.63) is 64.5 Å². The lowest BCUT2D eigenvalue weighted by Crippen LogP contribution is -2.56. The number of benzene rings is 2. The topological polar surface area (TPSA) is 35.6 Å². The van der Waals surface area contributed by atoms with Crippen LogP contribution >= 0.6 is 12.2 Å². The molecule has 2 heterocycles. The average Bonchev–Trinajstić information content (AvgIpc) is 2.63. The van der Waals surface area contributed by atoms with Crippen molar-refractivity contribution in [1.29, 1.82) is 0 Å².